The Bertz CT molecular complexity index is 325. The fourth-order valence-electron chi connectivity index (χ4n) is 3.15. The molecule has 0 aromatic carbocycles. The van der Waals surface area contributed by atoms with Gasteiger partial charge in [-0.15, -0.1) is 0 Å². The Morgan fingerprint density at radius 3 is 1.58 bits per heavy atom. The Morgan fingerprint density at radius 1 is 0.538 bits per heavy atom. The van der Waals surface area contributed by atoms with Crippen molar-refractivity contribution in [2.75, 3.05) is 6.61 Å². The third kappa shape index (κ3) is 19.5. The van der Waals surface area contributed by atoms with E-state index in [0.717, 1.165) is 25.7 Å². The van der Waals surface area contributed by atoms with Crippen LogP contribution in [0.2, 0.25) is 0 Å². The number of esters is 1. The molecule has 0 bridgehead atoms. The Labute approximate surface area is 162 Å². The van der Waals surface area contributed by atoms with E-state index >= 15 is 0 Å². The molecule has 0 radical (unpaired) electrons. The topological polar surface area (TPSA) is 43.4 Å². The average Bonchev–Trinajstić information content (AvgIpc) is 2.63. The summed E-state index contributed by atoms with van der Waals surface area (Å²) in [6, 6.07) is 0. The minimum Gasteiger partial charge on any atom is -0.466 e. The summed E-state index contributed by atoms with van der Waals surface area (Å²) in [5, 5.41) is 0. The predicted octanol–water partition coefficient (Wildman–Crippen LogP) is 7.16. The molecule has 0 amide bonds. The maximum atomic E-state index is 11.8. The van der Waals surface area contributed by atoms with E-state index in [2.05, 4.69) is 13.8 Å². The Morgan fingerprint density at radius 2 is 1.00 bits per heavy atom. The third-order valence-electron chi connectivity index (χ3n) is 4.91. The summed E-state index contributed by atoms with van der Waals surface area (Å²) in [7, 11) is 0. The van der Waals surface area contributed by atoms with Crippen LogP contribution in [0.5, 0.6) is 0 Å². The molecule has 0 aromatic rings. The van der Waals surface area contributed by atoms with Crippen LogP contribution < -0.4 is 0 Å². The lowest BCUT2D eigenvalue weighted by atomic mass is 10.0. The second-order valence-corrected chi connectivity index (χ2v) is 7.61. The molecule has 3 nitrogen and oxygen atoms in total. The zero-order valence-electron chi connectivity index (χ0n) is 17.7. The van der Waals surface area contributed by atoms with Gasteiger partial charge in [-0.3, -0.25) is 9.59 Å². The van der Waals surface area contributed by atoms with Gasteiger partial charge in [-0.2, -0.15) is 0 Å². The fourth-order valence-corrected chi connectivity index (χ4v) is 3.15. The molecular formula is C23H44O3. The minimum atomic E-state index is -0.140. The van der Waals surface area contributed by atoms with Gasteiger partial charge in [0.1, 0.15) is 5.78 Å². The first-order valence-electron chi connectivity index (χ1n) is 11.4. The SMILES string of the molecule is CCCCCCCCCCC(=O)CCCC(=O)OCCCCCCCC. The summed E-state index contributed by atoms with van der Waals surface area (Å²) in [6.45, 7) is 4.99. The highest BCUT2D eigenvalue weighted by Crippen LogP contribution is 2.11. The molecule has 0 saturated heterocycles. The van der Waals surface area contributed by atoms with E-state index in [-0.39, 0.29) is 5.97 Å². The molecule has 0 aromatic heterocycles. The van der Waals surface area contributed by atoms with Gasteiger partial charge in [0.05, 0.1) is 6.61 Å². The number of hydrogen-bond acceptors (Lipinski definition) is 3. The summed E-state index contributed by atoms with van der Waals surface area (Å²) < 4.78 is 5.23. The average molecular weight is 369 g/mol. The van der Waals surface area contributed by atoms with Gasteiger partial charge in [0.25, 0.3) is 0 Å². The molecule has 0 rings (SSSR count). The highest BCUT2D eigenvalue weighted by molar-refractivity contribution is 5.79. The van der Waals surface area contributed by atoms with Gasteiger partial charge in [-0.25, -0.2) is 0 Å². The second-order valence-electron chi connectivity index (χ2n) is 7.61. The summed E-state index contributed by atoms with van der Waals surface area (Å²) in [5.41, 5.74) is 0. The van der Waals surface area contributed by atoms with E-state index < -0.39 is 0 Å². The summed E-state index contributed by atoms with van der Waals surface area (Å²) >= 11 is 0. The Balaban J connectivity index is 3.32. The van der Waals surface area contributed by atoms with E-state index in [4.69, 9.17) is 4.74 Å². The van der Waals surface area contributed by atoms with Gasteiger partial charge in [0, 0.05) is 19.3 Å². The molecule has 3 heteroatoms. The van der Waals surface area contributed by atoms with Gasteiger partial charge in [-0.05, 0) is 19.3 Å². The number of unbranched alkanes of at least 4 members (excludes halogenated alkanes) is 12. The van der Waals surface area contributed by atoms with Gasteiger partial charge in [-0.1, -0.05) is 90.9 Å². The van der Waals surface area contributed by atoms with Crippen molar-refractivity contribution in [2.45, 2.75) is 129 Å². The van der Waals surface area contributed by atoms with Gasteiger partial charge < -0.3 is 4.74 Å². The van der Waals surface area contributed by atoms with Crippen LogP contribution in [0.15, 0.2) is 0 Å². The highest BCUT2D eigenvalue weighted by atomic mass is 16.5. The third-order valence-corrected chi connectivity index (χ3v) is 4.91. The van der Waals surface area contributed by atoms with Crippen molar-refractivity contribution in [1.82, 2.24) is 0 Å². The number of Topliss-reactive ketones (excluding diaryl/α,β-unsaturated/α-hetero) is 1. The van der Waals surface area contributed by atoms with E-state index in [1.807, 2.05) is 0 Å². The summed E-state index contributed by atoms with van der Waals surface area (Å²) in [4.78, 5) is 23.5. The van der Waals surface area contributed by atoms with Crippen LogP contribution in [0, 0.1) is 0 Å². The number of ketones is 1. The molecule has 0 atom stereocenters. The molecule has 0 saturated carbocycles. The van der Waals surface area contributed by atoms with Crippen molar-refractivity contribution in [1.29, 1.82) is 0 Å². The van der Waals surface area contributed by atoms with Gasteiger partial charge >= 0.3 is 5.97 Å². The van der Waals surface area contributed by atoms with Crippen molar-refractivity contribution in [3.63, 3.8) is 0 Å². The number of rotatable bonds is 20. The zero-order chi connectivity index (χ0) is 19.3. The maximum Gasteiger partial charge on any atom is 0.305 e. The van der Waals surface area contributed by atoms with Crippen LogP contribution in [0.25, 0.3) is 0 Å². The lowest BCUT2D eigenvalue weighted by Gasteiger charge is -2.05. The molecule has 0 heterocycles. The Hall–Kier alpha value is -0.860. The van der Waals surface area contributed by atoms with Gasteiger partial charge in [0.15, 0.2) is 0 Å². The van der Waals surface area contributed by atoms with E-state index in [1.165, 1.54) is 64.2 Å². The Kier molecular flexibility index (Phi) is 19.8. The molecule has 26 heavy (non-hydrogen) atoms. The fraction of sp³-hybridized carbons (Fsp3) is 0.913. The zero-order valence-corrected chi connectivity index (χ0v) is 17.7. The first-order chi connectivity index (χ1) is 12.7. The first-order valence-corrected chi connectivity index (χ1v) is 11.4. The summed E-state index contributed by atoms with van der Waals surface area (Å²) in [6.07, 6.45) is 19.5. The molecule has 0 aliphatic rings. The quantitative estimate of drug-likeness (QED) is 0.169. The molecule has 0 aliphatic heterocycles. The van der Waals surface area contributed by atoms with E-state index in [1.54, 1.807) is 0 Å². The van der Waals surface area contributed by atoms with Crippen LogP contribution in [-0.2, 0) is 14.3 Å². The van der Waals surface area contributed by atoms with Crippen molar-refractivity contribution in [3.8, 4) is 0 Å². The lowest BCUT2D eigenvalue weighted by Crippen LogP contribution is -2.07. The minimum absolute atomic E-state index is 0.140. The van der Waals surface area contributed by atoms with Gasteiger partial charge in [0.2, 0.25) is 0 Å². The first kappa shape index (κ1) is 25.1. The lowest BCUT2D eigenvalue weighted by molar-refractivity contribution is -0.143. The molecule has 0 spiro atoms. The maximum absolute atomic E-state index is 11.8. The van der Waals surface area contributed by atoms with Crippen molar-refractivity contribution in [3.05, 3.63) is 0 Å². The normalized spacial score (nSPS) is 10.8. The standard InChI is InChI=1S/C23H44O3/c1-3-5-7-9-11-12-13-15-18-22(24)19-17-20-23(25)26-21-16-14-10-8-6-4-2/h3-21H2,1-2H3. The highest BCUT2D eigenvalue weighted by Gasteiger charge is 2.06. The van der Waals surface area contributed by atoms with Crippen LogP contribution in [0.4, 0.5) is 0 Å². The van der Waals surface area contributed by atoms with Crippen LogP contribution >= 0.6 is 0 Å². The molecule has 0 unspecified atom stereocenters. The number of hydrogen-bond donors (Lipinski definition) is 0. The van der Waals surface area contributed by atoms with Crippen molar-refractivity contribution in [2.24, 2.45) is 0 Å². The van der Waals surface area contributed by atoms with E-state index in [0.29, 0.717) is 38.1 Å². The number of ether oxygens (including phenoxy) is 1. The van der Waals surface area contributed by atoms with Crippen molar-refractivity contribution >= 4 is 11.8 Å². The molecular weight excluding hydrogens is 324 g/mol. The predicted molar refractivity (Wildman–Crippen MR) is 110 cm³/mol. The second kappa shape index (κ2) is 20.5. The monoisotopic (exact) mass is 368 g/mol. The van der Waals surface area contributed by atoms with Crippen molar-refractivity contribution < 1.29 is 14.3 Å². The number of carbonyl (C=O) groups excluding carboxylic acids is 2. The van der Waals surface area contributed by atoms with E-state index in [9.17, 15) is 9.59 Å². The molecule has 154 valence electrons. The van der Waals surface area contributed by atoms with Crippen LogP contribution in [0.1, 0.15) is 129 Å². The molecule has 0 fully saturated rings. The largest absolute Gasteiger partial charge is 0.466 e. The van der Waals surface area contributed by atoms with Crippen LogP contribution in [0.3, 0.4) is 0 Å². The van der Waals surface area contributed by atoms with Crippen LogP contribution in [-0.4, -0.2) is 18.4 Å². The summed E-state index contributed by atoms with van der Waals surface area (Å²) in [5.74, 6) is 0.165. The number of carbonyl (C=O) groups is 2. The molecule has 0 aliphatic carbocycles. The smallest absolute Gasteiger partial charge is 0.305 e. The molecule has 0 N–H and O–H groups in total.